The molecule has 0 aromatic carbocycles. The standard InChI is InChI=1S/2C4H9.2CH4O.Hf.O/c2*1-3-4-2;2*1-2;;/h2*1,3-4H2,2H3;2*2H,1H3;;/q2*-1;;;+2;. The van der Waals surface area contributed by atoms with Crippen LogP contribution in [0.2, 0.25) is 0 Å². The van der Waals surface area contributed by atoms with Crippen molar-refractivity contribution < 1.29 is 37.4 Å². The van der Waals surface area contributed by atoms with Crippen molar-refractivity contribution in [3.63, 3.8) is 0 Å². The molecular weight excluding hydrogens is 347 g/mol. The number of hydrogen-bond donors (Lipinski definition) is 2. The van der Waals surface area contributed by atoms with Crippen LogP contribution in [0.1, 0.15) is 39.5 Å². The van der Waals surface area contributed by atoms with Crippen molar-refractivity contribution in [2.75, 3.05) is 14.2 Å². The van der Waals surface area contributed by atoms with Gasteiger partial charge in [-0.3, -0.25) is 0 Å². The van der Waals surface area contributed by atoms with Gasteiger partial charge in [-0.1, -0.05) is 26.7 Å². The predicted octanol–water partition coefficient (Wildman–Crippen LogP) is 2.34. The van der Waals surface area contributed by atoms with Gasteiger partial charge in [0.2, 0.25) is 0 Å². The number of hydrogen-bond acceptors (Lipinski definition) is 3. The van der Waals surface area contributed by atoms with Crippen molar-refractivity contribution in [1.82, 2.24) is 0 Å². The average Bonchev–Trinajstić information content (AvgIpc) is 2.36. The average molecular weight is 373 g/mol. The molecule has 14 heavy (non-hydrogen) atoms. The minimum atomic E-state index is 0.0556. The summed E-state index contributed by atoms with van der Waals surface area (Å²) < 4.78 is 8.39. The summed E-state index contributed by atoms with van der Waals surface area (Å²) in [5, 5.41) is 14.0. The molecule has 0 heterocycles. The second kappa shape index (κ2) is 102. The Bertz CT molecular complexity index is 30.5. The van der Waals surface area contributed by atoms with E-state index in [1.807, 2.05) is 0 Å². The summed E-state index contributed by atoms with van der Waals surface area (Å²) in [4.78, 5) is 0. The molecule has 0 atom stereocenters. The molecule has 0 unspecified atom stereocenters. The molecule has 3 nitrogen and oxygen atoms in total. The van der Waals surface area contributed by atoms with E-state index >= 15 is 0 Å². The van der Waals surface area contributed by atoms with Crippen LogP contribution in [0.15, 0.2) is 0 Å². The maximum atomic E-state index is 8.39. The van der Waals surface area contributed by atoms with E-state index in [1.54, 1.807) is 0 Å². The van der Waals surface area contributed by atoms with Crippen molar-refractivity contribution in [3.8, 4) is 0 Å². The minimum absolute atomic E-state index is 0.0556. The van der Waals surface area contributed by atoms with Gasteiger partial charge < -0.3 is 24.1 Å². The zero-order valence-electron chi connectivity index (χ0n) is 10.0. The van der Waals surface area contributed by atoms with Crippen LogP contribution in [0.25, 0.3) is 0 Å². The van der Waals surface area contributed by atoms with Crippen LogP contribution < -0.4 is 0 Å². The van der Waals surface area contributed by atoms with Crippen molar-refractivity contribution in [1.29, 1.82) is 0 Å². The van der Waals surface area contributed by atoms with E-state index in [-0.39, 0.29) is 24.4 Å². The summed E-state index contributed by atoms with van der Waals surface area (Å²) in [6.07, 6.45) is 4.56. The first-order valence-electron chi connectivity index (χ1n) is 4.51. The molecule has 0 fully saturated rings. The van der Waals surface area contributed by atoms with E-state index < -0.39 is 0 Å². The number of aliphatic hydroxyl groups is 2. The molecule has 0 aliphatic rings. The third-order valence-corrected chi connectivity index (χ3v) is 0.707. The molecule has 88 valence electrons. The number of rotatable bonds is 2. The Hall–Kier alpha value is 0.590. The van der Waals surface area contributed by atoms with Crippen LogP contribution in [0.5, 0.6) is 0 Å². The van der Waals surface area contributed by atoms with E-state index in [0.29, 0.717) is 0 Å². The fourth-order valence-corrected chi connectivity index (χ4v) is 0. The molecule has 0 aliphatic heterocycles. The van der Waals surface area contributed by atoms with Crippen LogP contribution in [0.3, 0.4) is 0 Å². The van der Waals surface area contributed by atoms with Crippen molar-refractivity contribution >= 4 is 0 Å². The first-order chi connectivity index (χ1) is 6.83. The zero-order valence-corrected chi connectivity index (χ0v) is 13.6. The van der Waals surface area contributed by atoms with Gasteiger partial charge in [-0.25, -0.2) is 0 Å². The van der Waals surface area contributed by atoms with Gasteiger partial charge in [-0.05, 0) is 0 Å². The Labute approximate surface area is 105 Å². The summed E-state index contributed by atoms with van der Waals surface area (Å²) in [6, 6.07) is 0. The molecule has 0 saturated heterocycles. The maximum absolute atomic E-state index is 8.39. The van der Waals surface area contributed by atoms with Crippen LogP contribution in [-0.2, 0) is 27.2 Å². The normalized spacial score (nSPS) is 5.57. The molecule has 0 bridgehead atoms. The van der Waals surface area contributed by atoms with Gasteiger partial charge in [0.15, 0.2) is 0 Å². The molecule has 0 saturated carbocycles. The number of unbranched alkanes of at least 4 members (excludes halogenated alkanes) is 2. The van der Waals surface area contributed by atoms with E-state index in [9.17, 15) is 0 Å². The molecule has 0 aromatic heterocycles. The summed E-state index contributed by atoms with van der Waals surface area (Å²) in [5.74, 6) is 0. The second-order valence-corrected chi connectivity index (χ2v) is 1.71. The van der Waals surface area contributed by atoms with Crippen LogP contribution in [0, 0.1) is 13.8 Å². The predicted molar refractivity (Wildman–Crippen MR) is 57.5 cm³/mol. The Morgan fingerprint density at radius 1 is 0.857 bits per heavy atom. The van der Waals surface area contributed by atoms with Crippen molar-refractivity contribution in [2.24, 2.45) is 0 Å². The first kappa shape index (κ1) is 29.3. The third kappa shape index (κ3) is 252. The van der Waals surface area contributed by atoms with Gasteiger partial charge in [0.25, 0.3) is 0 Å². The van der Waals surface area contributed by atoms with E-state index in [4.69, 9.17) is 13.1 Å². The SMILES string of the molecule is CO.CO.[CH2-]CCC.[CH2-]CCC.[O]=[Hf+2]. The molecule has 4 heteroatoms. The van der Waals surface area contributed by atoms with E-state index in [2.05, 4.69) is 27.7 Å². The summed E-state index contributed by atoms with van der Waals surface area (Å²) in [6.45, 7) is 11.4. The Balaban J connectivity index is -0.0000000255. The fourth-order valence-electron chi connectivity index (χ4n) is 0. The zero-order chi connectivity index (χ0) is 12.8. The van der Waals surface area contributed by atoms with Gasteiger partial charge >= 0.3 is 27.2 Å². The van der Waals surface area contributed by atoms with Crippen LogP contribution >= 0.6 is 0 Å². The van der Waals surface area contributed by atoms with Gasteiger partial charge in [0.1, 0.15) is 0 Å². The van der Waals surface area contributed by atoms with Crippen LogP contribution in [-0.4, -0.2) is 24.4 Å². The molecule has 0 aromatic rings. The summed E-state index contributed by atoms with van der Waals surface area (Å²) in [7, 11) is 2.00. The number of aliphatic hydroxyl groups excluding tert-OH is 2. The Morgan fingerprint density at radius 3 is 0.929 bits per heavy atom. The monoisotopic (exact) mass is 374 g/mol. The van der Waals surface area contributed by atoms with Gasteiger partial charge in [0.05, 0.1) is 0 Å². The summed E-state index contributed by atoms with van der Waals surface area (Å²) in [5.41, 5.74) is 0. The van der Waals surface area contributed by atoms with Crippen molar-refractivity contribution in [3.05, 3.63) is 13.8 Å². The van der Waals surface area contributed by atoms with Crippen molar-refractivity contribution in [2.45, 2.75) is 39.5 Å². The fraction of sp³-hybridized carbons (Fsp3) is 0.800. The third-order valence-electron chi connectivity index (χ3n) is 0.707. The second-order valence-electron chi connectivity index (χ2n) is 1.71. The molecule has 0 aliphatic carbocycles. The van der Waals surface area contributed by atoms with Gasteiger partial charge in [-0.2, -0.15) is 12.8 Å². The molecule has 0 spiro atoms. The molecule has 0 rings (SSSR count). The first-order valence-corrected chi connectivity index (χ1v) is 5.98. The van der Waals surface area contributed by atoms with Gasteiger partial charge in [0, 0.05) is 14.2 Å². The Kier molecular flexibility index (Phi) is 214. The molecule has 2 N–H and O–H groups in total. The van der Waals surface area contributed by atoms with E-state index in [0.717, 1.165) is 27.1 Å². The molecule has 0 amide bonds. The van der Waals surface area contributed by atoms with E-state index in [1.165, 1.54) is 12.8 Å². The quantitative estimate of drug-likeness (QED) is 0.578. The Morgan fingerprint density at radius 2 is 0.929 bits per heavy atom. The van der Waals surface area contributed by atoms with Gasteiger partial charge in [-0.15, -0.1) is 0 Å². The topological polar surface area (TPSA) is 57.5 Å². The van der Waals surface area contributed by atoms with Crippen LogP contribution in [0.4, 0.5) is 0 Å². The molecule has 0 radical (unpaired) electrons. The molecular formula is C10H26HfO3. The summed E-state index contributed by atoms with van der Waals surface area (Å²) >= 11 is 0.0556.